The molecule has 1 aromatic carbocycles. The largest absolute Gasteiger partial charge is 0.497 e. The molecule has 1 aliphatic heterocycles. The zero-order valence-corrected chi connectivity index (χ0v) is 13.5. The molecule has 1 atom stereocenters. The van der Waals surface area contributed by atoms with Crippen molar-refractivity contribution in [2.45, 2.75) is 25.8 Å². The van der Waals surface area contributed by atoms with Gasteiger partial charge < -0.3 is 20.5 Å². The number of carbonyl (C=O) groups excluding carboxylic acids is 1. The SMILES string of the molecule is COc1ccc2c(c1)CC(C(=O)NC(C)(C)CN)CO2.Cl. The van der Waals surface area contributed by atoms with Crippen LogP contribution in [0, 0.1) is 5.92 Å². The van der Waals surface area contributed by atoms with Crippen molar-refractivity contribution in [3.63, 3.8) is 0 Å². The number of hydrogen-bond acceptors (Lipinski definition) is 4. The summed E-state index contributed by atoms with van der Waals surface area (Å²) in [5.74, 6) is 1.39. The summed E-state index contributed by atoms with van der Waals surface area (Å²) in [5.41, 5.74) is 6.24. The highest BCUT2D eigenvalue weighted by Crippen LogP contribution is 2.30. The fourth-order valence-corrected chi connectivity index (χ4v) is 2.15. The molecule has 5 nitrogen and oxygen atoms in total. The van der Waals surface area contributed by atoms with Gasteiger partial charge in [0.15, 0.2) is 0 Å². The fourth-order valence-electron chi connectivity index (χ4n) is 2.15. The van der Waals surface area contributed by atoms with Crippen LogP contribution in [0.1, 0.15) is 19.4 Å². The van der Waals surface area contributed by atoms with Crippen LogP contribution in [0.25, 0.3) is 0 Å². The van der Waals surface area contributed by atoms with Gasteiger partial charge in [0, 0.05) is 12.1 Å². The quantitative estimate of drug-likeness (QED) is 0.884. The molecule has 1 heterocycles. The standard InChI is InChI=1S/C15H22N2O3.ClH/c1-15(2,9-16)17-14(18)11-6-10-7-12(19-3)4-5-13(10)20-8-11;/h4-5,7,11H,6,8-9,16H2,1-3H3,(H,17,18);1H. The lowest BCUT2D eigenvalue weighted by Crippen LogP contribution is -2.52. The Labute approximate surface area is 131 Å². The molecule has 0 aliphatic carbocycles. The van der Waals surface area contributed by atoms with E-state index in [1.807, 2.05) is 32.0 Å². The maximum Gasteiger partial charge on any atom is 0.227 e. The van der Waals surface area contributed by atoms with E-state index in [4.69, 9.17) is 15.2 Å². The van der Waals surface area contributed by atoms with Gasteiger partial charge in [-0.2, -0.15) is 0 Å². The molecule has 0 aromatic heterocycles. The van der Waals surface area contributed by atoms with Crippen molar-refractivity contribution in [3.8, 4) is 11.5 Å². The summed E-state index contributed by atoms with van der Waals surface area (Å²) in [5, 5.41) is 2.96. The highest BCUT2D eigenvalue weighted by Gasteiger charge is 2.29. The van der Waals surface area contributed by atoms with Crippen molar-refractivity contribution in [2.75, 3.05) is 20.3 Å². The Hall–Kier alpha value is -1.46. The number of benzene rings is 1. The van der Waals surface area contributed by atoms with Crippen molar-refractivity contribution < 1.29 is 14.3 Å². The van der Waals surface area contributed by atoms with Gasteiger partial charge in [0.1, 0.15) is 18.1 Å². The van der Waals surface area contributed by atoms with Gasteiger partial charge >= 0.3 is 0 Å². The minimum absolute atomic E-state index is 0. The second kappa shape index (κ2) is 7.00. The van der Waals surface area contributed by atoms with E-state index in [9.17, 15) is 4.79 Å². The molecule has 0 spiro atoms. The van der Waals surface area contributed by atoms with Crippen LogP contribution in [0.4, 0.5) is 0 Å². The first-order valence-corrected chi connectivity index (χ1v) is 6.77. The van der Waals surface area contributed by atoms with Crippen LogP contribution in [0.2, 0.25) is 0 Å². The van der Waals surface area contributed by atoms with E-state index in [1.54, 1.807) is 7.11 Å². The van der Waals surface area contributed by atoms with Crippen LogP contribution in [-0.2, 0) is 11.2 Å². The van der Waals surface area contributed by atoms with Crippen LogP contribution in [0.15, 0.2) is 18.2 Å². The molecule has 0 saturated carbocycles. The Balaban J connectivity index is 0.00000220. The number of nitrogens with two attached hydrogens (primary N) is 1. The molecule has 0 fully saturated rings. The number of carbonyl (C=O) groups is 1. The van der Waals surface area contributed by atoms with Gasteiger partial charge in [-0.15, -0.1) is 12.4 Å². The molecule has 0 saturated heterocycles. The third-order valence-electron chi connectivity index (χ3n) is 3.52. The predicted octanol–water partition coefficient (Wildman–Crippen LogP) is 1.52. The molecule has 0 bridgehead atoms. The summed E-state index contributed by atoms with van der Waals surface area (Å²) in [6.45, 7) is 4.61. The minimum Gasteiger partial charge on any atom is -0.497 e. The molecule has 2 rings (SSSR count). The van der Waals surface area contributed by atoms with Crippen LogP contribution < -0.4 is 20.5 Å². The lowest BCUT2D eigenvalue weighted by molar-refractivity contribution is -0.127. The molecule has 21 heavy (non-hydrogen) atoms. The number of rotatable bonds is 4. The third-order valence-corrected chi connectivity index (χ3v) is 3.52. The average molecular weight is 315 g/mol. The van der Waals surface area contributed by atoms with Gasteiger partial charge in [0.05, 0.1) is 13.0 Å². The maximum absolute atomic E-state index is 12.3. The van der Waals surface area contributed by atoms with Crippen molar-refractivity contribution in [1.29, 1.82) is 0 Å². The highest BCUT2D eigenvalue weighted by molar-refractivity contribution is 5.85. The Kier molecular flexibility index (Phi) is 5.87. The smallest absolute Gasteiger partial charge is 0.227 e. The Morgan fingerprint density at radius 1 is 1.52 bits per heavy atom. The monoisotopic (exact) mass is 314 g/mol. The summed E-state index contributed by atoms with van der Waals surface area (Å²) in [4.78, 5) is 12.3. The van der Waals surface area contributed by atoms with E-state index in [0.717, 1.165) is 17.1 Å². The van der Waals surface area contributed by atoms with E-state index >= 15 is 0 Å². The Bertz CT molecular complexity index is 506. The Morgan fingerprint density at radius 2 is 2.24 bits per heavy atom. The number of hydrogen-bond donors (Lipinski definition) is 2. The number of nitrogens with one attached hydrogen (secondary N) is 1. The molecule has 1 aromatic rings. The minimum atomic E-state index is -0.397. The highest BCUT2D eigenvalue weighted by atomic mass is 35.5. The number of ether oxygens (including phenoxy) is 2. The fraction of sp³-hybridized carbons (Fsp3) is 0.533. The van der Waals surface area contributed by atoms with E-state index in [0.29, 0.717) is 19.6 Å². The molecule has 1 aliphatic rings. The molecule has 6 heteroatoms. The summed E-state index contributed by atoms with van der Waals surface area (Å²) in [7, 11) is 1.62. The van der Waals surface area contributed by atoms with Crippen LogP contribution in [0.3, 0.4) is 0 Å². The lowest BCUT2D eigenvalue weighted by Gasteiger charge is -2.30. The van der Waals surface area contributed by atoms with Crippen LogP contribution >= 0.6 is 12.4 Å². The Morgan fingerprint density at radius 3 is 2.86 bits per heavy atom. The summed E-state index contributed by atoms with van der Waals surface area (Å²) in [6.07, 6.45) is 0.652. The second-order valence-electron chi connectivity index (χ2n) is 5.76. The number of amides is 1. The van der Waals surface area contributed by atoms with Crippen molar-refractivity contribution in [3.05, 3.63) is 23.8 Å². The zero-order valence-electron chi connectivity index (χ0n) is 12.6. The molecular weight excluding hydrogens is 292 g/mol. The molecular formula is C15H23ClN2O3. The van der Waals surface area contributed by atoms with E-state index in [-0.39, 0.29) is 24.2 Å². The van der Waals surface area contributed by atoms with Crippen LogP contribution in [-0.4, -0.2) is 31.7 Å². The molecule has 0 radical (unpaired) electrons. The van der Waals surface area contributed by atoms with Gasteiger partial charge in [0.25, 0.3) is 0 Å². The van der Waals surface area contributed by atoms with Gasteiger partial charge in [-0.1, -0.05) is 0 Å². The topological polar surface area (TPSA) is 73.6 Å². The van der Waals surface area contributed by atoms with Crippen molar-refractivity contribution >= 4 is 18.3 Å². The average Bonchev–Trinajstić information content (AvgIpc) is 2.45. The van der Waals surface area contributed by atoms with E-state index < -0.39 is 5.54 Å². The zero-order chi connectivity index (χ0) is 14.8. The van der Waals surface area contributed by atoms with Gasteiger partial charge in [-0.05, 0) is 44.0 Å². The summed E-state index contributed by atoms with van der Waals surface area (Å²) >= 11 is 0. The molecule has 3 N–H and O–H groups in total. The van der Waals surface area contributed by atoms with E-state index in [1.165, 1.54) is 0 Å². The summed E-state index contributed by atoms with van der Waals surface area (Å²) in [6, 6.07) is 5.66. The first-order chi connectivity index (χ1) is 9.45. The van der Waals surface area contributed by atoms with E-state index in [2.05, 4.69) is 5.32 Å². The first kappa shape index (κ1) is 17.6. The number of halogens is 1. The number of fused-ring (bicyclic) bond motifs is 1. The van der Waals surface area contributed by atoms with Crippen molar-refractivity contribution in [1.82, 2.24) is 5.32 Å². The molecule has 118 valence electrons. The van der Waals surface area contributed by atoms with Crippen LogP contribution in [0.5, 0.6) is 11.5 Å². The first-order valence-electron chi connectivity index (χ1n) is 6.77. The van der Waals surface area contributed by atoms with Crippen molar-refractivity contribution in [2.24, 2.45) is 11.7 Å². The van der Waals surface area contributed by atoms with Gasteiger partial charge in [0.2, 0.25) is 5.91 Å². The predicted molar refractivity (Wildman–Crippen MR) is 84.2 cm³/mol. The molecule has 1 unspecified atom stereocenters. The maximum atomic E-state index is 12.3. The third kappa shape index (κ3) is 4.25. The summed E-state index contributed by atoms with van der Waals surface area (Å²) < 4.78 is 10.9. The normalized spacial score (nSPS) is 17.0. The van der Waals surface area contributed by atoms with Gasteiger partial charge in [-0.3, -0.25) is 4.79 Å². The van der Waals surface area contributed by atoms with Gasteiger partial charge in [-0.25, -0.2) is 0 Å². The molecule has 1 amide bonds. The number of methoxy groups -OCH3 is 1. The lowest BCUT2D eigenvalue weighted by atomic mass is 9.94. The second-order valence-corrected chi connectivity index (χ2v) is 5.76.